The van der Waals surface area contributed by atoms with Crippen LogP contribution in [0.15, 0.2) is 36.8 Å². The summed E-state index contributed by atoms with van der Waals surface area (Å²) in [6.45, 7) is 0. The predicted octanol–water partition coefficient (Wildman–Crippen LogP) is 1.94. The number of nitrogens with two attached hydrogens (primary N) is 2. The number of nitrogens with one attached hydrogen (secondary N) is 2. The molecule has 6 N–H and O–H groups in total. The Labute approximate surface area is 162 Å². The predicted molar refractivity (Wildman–Crippen MR) is 107 cm³/mol. The van der Waals surface area contributed by atoms with Gasteiger partial charge in [-0.2, -0.15) is 0 Å². The van der Waals surface area contributed by atoms with Crippen LogP contribution in [0.2, 0.25) is 0 Å². The van der Waals surface area contributed by atoms with E-state index in [1.54, 1.807) is 18.5 Å². The first kappa shape index (κ1) is 18.1. The number of fused-ring (bicyclic) bond motifs is 1. The number of nitrogens with zero attached hydrogens (tertiary/aromatic N) is 4. The van der Waals surface area contributed by atoms with Crippen molar-refractivity contribution in [1.29, 1.82) is 0 Å². The second kappa shape index (κ2) is 7.73. The highest BCUT2D eigenvalue weighted by Crippen LogP contribution is 2.26. The van der Waals surface area contributed by atoms with Crippen molar-refractivity contribution in [3.63, 3.8) is 0 Å². The van der Waals surface area contributed by atoms with Gasteiger partial charge in [0.05, 0.1) is 11.9 Å². The summed E-state index contributed by atoms with van der Waals surface area (Å²) in [5.41, 5.74) is 13.1. The van der Waals surface area contributed by atoms with Gasteiger partial charge in [0.2, 0.25) is 0 Å². The molecule has 1 fully saturated rings. The maximum Gasteiger partial charge on any atom is 0.271 e. The molecule has 0 bridgehead atoms. The largest absolute Gasteiger partial charge is 0.364 e. The van der Waals surface area contributed by atoms with Crippen LogP contribution >= 0.6 is 0 Å². The van der Waals surface area contributed by atoms with Gasteiger partial charge in [-0.3, -0.25) is 4.79 Å². The Bertz CT molecular complexity index is 1000. The Hall–Kier alpha value is -3.33. The lowest BCUT2D eigenvalue weighted by atomic mass is 9.91. The zero-order valence-electron chi connectivity index (χ0n) is 15.3. The SMILES string of the molecule is NC(=O)c1ncc(N[C@@H]2CCCC[C@@H]2N)nc1Nc1ccnc2ncccc12. The molecule has 0 spiro atoms. The average molecular weight is 378 g/mol. The number of carbonyl (C=O) groups is 1. The summed E-state index contributed by atoms with van der Waals surface area (Å²) >= 11 is 0. The standard InChI is InChI=1S/C19H22N8O/c20-12-5-1-2-6-14(12)25-15-10-24-16(17(21)28)19(27-15)26-13-7-9-23-18-11(13)4-3-8-22-18/h3-4,7-10,12,14H,1-2,5-6,20H2,(H2,21,28)(H2,22,23,25,26,27)/t12-,14+/m0/s1. The average Bonchev–Trinajstić information content (AvgIpc) is 2.70. The summed E-state index contributed by atoms with van der Waals surface area (Å²) in [7, 11) is 0. The fraction of sp³-hybridized carbons (Fsp3) is 0.316. The van der Waals surface area contributed by atoms with Crippen LogP contribution in [-0.4, -0.2) is 37.9 Å². The van der Waals surface area contributed by atoms with Gasteiger partial charge in [0.1, 0.15) is 5.82 Å². The number of pyridine rings is 2. The second-order valence-electron chi connectivity index (χ2n) is 6.87. The molecule has 1 aliphatic rings. The summed E-state index contributed by atoms with van der Waals surface area (Å²) < 4.78 is 0. The minimum Gasteiger partial charge on any atom is -0.364 e. The molecular weight excluding hydrogens is 356 g/mol. The third-order valence-corrected chi connectivity index (χ3v) is 4.93. The van der Waals surface area contributed by atoms with E-state index in [1.165, 1.54) is 6.20 Å². The number of primary amides is 1. The summed E-state index contributed by atoms with van der Waals surface area (Å²) in [5, 5.41) is 7.31. The number of aromatic nitrogens is 4. The van der Waals surface area contributed by atoms with E-state index in [0.29, 0.717) is 17.2 Å². The molecule has 28 heavy (non-hydrogen) atoms. The van der Waals surface area contributed by atoms with Gasteiger partial charge < -0.3 is 22.1 Å². The maximum atomic E-state index is 11.8. The van der Waals surface area contributed by atoms with Crippen molar-refractivity contribution in [2.24, 2.45) is 11.5 Å². The molecule has 4 rings (SSSR count). The molecule has 1 amide bonds. The van der Waals surface area contributed by atoms with Crippen molar-refractivity contribution in [2.75, 3.05) is 10.6 Å². The van der Waals surface area contributed by atoms with Gasteiger partial charge in [0.15, 0.2) is 17.2 Å². The third-order valence-electron chi connectivity index (χ3n) is 4.93. The summed E-state index contributed by atoms with van der Waals surface area (Å²) in [6, 6.07) is 5.68. The van der Waals surface area contributed by atoms with Crippen LogP contribution in [0, 0.1) is 0 Å². The van der Waals surface area contributed by atoms with Crippen molar-refractivity contribution >= 4 is 34.3 Å². The smallest absolute Gasteiger partial charge is 0.271 e. The Morgan fingerprint density at radius 2 is 1.93 bits per heavy atom. The molecule has 0 radical (unpaired) electrons. The molecule has 3 aromatic rings. The summed E-state index contributed by atoms with van der Waals surface area (Å²) in [5.74, 6) is 0.164. The van der Waals surface area contributed by atoms with Crippen LogP contribution in [0.25, 0.3) is 11.0 Å². The summed E-state index contributed by atoms with van der Waals surface area (Å²) in [6.07, 6.45) is 9.04. The molecule has 1 aliphatic carbocycles. The molecular formula is C19H22N8O. The molecule has 0 aliphatic heterocycles. The number of amides is 1. The fourth-order valence-corrected chi connectivity index (χ4v) is 3.47. The van der Waals surface area contributed by atoms with Crippen LogP contribution in [-0.2, 0) is 0 Å². The number of anilines is 3. The second-order valence-corrected chi connectivity index (χ2v) is 6.87. The van der Waals surface area contributed by atoms with Crippen molar-refractivity contribution in [3.8, 4) is 0 Å². The van der Waals surface area contributed by atoms with E-state index in [2.05, 4.69) is 30.6 Å². The fourth-order valence-electron chi connectivity index (χ4n) is 3.47. The first-order valence-corrected chi connectivity index (χ1v) is 9.27. The van der Waals surface area contributed by atoms with Crippen molar-refractivity contribution in [2.45, 2.75) is 37.8 Å². The molecule has 2 atom stereocenters. The van der Waals surface area contributed by atoms with Crippen LogP contribution in [0.3, 0.4) is 0 Å². The normalized spacial score (nSPS) is 19.3. The van der Waals surface area contributed by atoms with Crippen molar-refractivity contribution in [1.82, 2.24) is 19.9 Å². The Kier molecular flexibility index (Phi) is 4.98. The minimum atomic E-state index is -0.660. The van der Waals surface area contributed by atoms with Gasteiger partial charge in [-0.25, -0.2) is 19.9 Å². The lowest BCUT2D eigenvalue weighted by molar-refractivity contribution is 0.0996. The molecule has 3 heterocycles. The molecule has 0 unspecified atom stereocenters. The quantitative estimate of drug-likeness (QED) is 0.527. The number of carbonyl (C=O) groups excluding carboxylic acids is 1. The van der Waals surface area contributed by atoms with E-state index in [-0.39, 0.29) is 23.6 Å². The highest BCUT2D eigenvalue weighted by Gasteiger charge is 2.23. The highest BCUT2D eigenvalue weighted by atomic mass is 16.1. The van der Waals surface area contributed by atoms with E-state index >= 15 is 0 Å². The Morgan fingerprint density at radius 3 is 2.75 bits per heavy atom. The zero-order chi connectivity index (χ0) is 19.5. The molecule has 3 aromatic heterocycles. The van der Waals surface area contributed by atoms with Gasteiger partial charge in [-0.1, -0.05) is 12.8 Å². The maximum absolute atomic E-state index is 11.8. The van der Waals surface area contributed by atoms with Gasteiger partial charge in [0, 0.05) is 29.9 Å². The van der Waals surface area contributed by atoms with Gasteiger partial charge in [0.25, 0.3) is 5.91 Å². The van der Waals surface area contributed by atoms with Crippen LogP contribution in [0.5, 0.6) is 0 Å². The highest BCUT2D eigenvalue weighted by molar-refractivity contribution is 5.98. The van der Waals surface area contributed by atoms with E-state index in [1.807, 2.05) is 12.1 Å². The van der Waals surface area contributed by atoms with E-state index in [9.17, 15) is 4.79 Å². The van der Waals surface area contributed by atoms with E-state index in [0.717, 1.165) is 31.1 Å². The number of hydrogen-bond acceptors (Lipinski definition) is 8. The van der Waals surface area contributed by atoms with E-state index < -0.39 is 5.91 Å². The Morgan fingerprint density at radius 1 is 1.11 bits per heavy atom. The van der Waals surface area contributed by atoms with Crippen LogP contribution < -0.4 is 22.1 Å². The van der Waals surface area contributed by atoms with E-state index in [4.69, 9.17) is 11.5 Å². The molecule has 9 heteroatoms. The summed E-state index contributed by atoms with van der Waals surface area (Å²) in [4.78, 5) is 29.1. The molecule has 1 saturated carbocycles. The Balaban J connectivity index is 1.67. The van der Waals surface area contributed by atoms with Gasteiger partial charge in [-0.05, 0) is 31.0 Å². The number of hydrogen-bond donors (Lipinski definition) is 4. The number of rotatable bonds is 5. The minimum absolute atomic E-state index is 0.0624. The van der Waals surface area contributed by atoms with Crippen molar-refractivity contribution in [3.05, 3.63) is 42.5 Å². The van der Waals surface area contributed by atoms with Crippen LogP contribution in [0.4, 0.5) is 17.3 Å². The third kappa shape index (κ3) is 3.70. The monoisotopic (exact) mass is 378 g/mol. The topological polar surface area (TPSA) is 145 Å². The van der Waals surface area contributed by atoms with Gasteiger partial charge >= 0.3 is 0 Å². The molecule has 0 aromatic carbocycles. The lowest BCUT2D eigenvalue weighted by Crippen LogP contribution is -2.42. The lowest BCUT2D eigenvalue weighted by Gasteiger charge is -2.29. The van der Waals surface area contributed by atoms with Crippen molar-refractivity contribution < 1.29 is 4.79 Å². The molecule has 144 valence electrons. The van der Waals surface area contributed by atoms with Gasteiger partial charge in [-0.15, -0.1) is 0 Å². The van der Waals surface area contributed by atoms with Crippen LogP contribution in [0.1, 0.15) is 36.2 Å². The first-order valence-electron chi connectivity index (χ1n) is 9.27. The molecule has 9 nitrogen and oxygen atoms in total. The molecule has 0 saturated heterocycles. The first-order chi connectivity index (χ1) is 13.6. The zero-order valence-corrected chi connectivity index (χ0v) is 15.3.